The average molecular weight is 348 g/mol. The largest absolute Gasteiger partial charge is 0.366 e. The first-order valence-electron chi connectivity index (χ1n) is 8.44. The molecule has 0 radical (unpaired) electrons. The second-order valence-corrected chi connectivity index (χ2v) is 6.34. The normalized spacial score (nSPS) is 12.1. The first kappa shape index (κ1) is 17.8. The van der Waals surface area contributed by atoms with E-state index in [1.54, 1.807) is 12.1 Å². The number of benzene rings is 3. The molecule has 3 nitrogen and oxygen atoms in total. The predicted octanol–water partition coefficient (Wildman–Crippen LogP) is 4.15. The SMILES string of the molecule is CN(Cc1ccc(C(N)=O)cc1)[C@H](c1ccccc1)c1ccc(F)cc1. The van der Waals surface area contributed by atoms with Gasteiger partial charge in [-0.25, -0.2) is 4.39 Å². The van der Waals surface area contributed by atoms with Crippen molar-refractivity contribution in [1.29, 1.82) is 0 Å². The Hall–Kier alpha value is -2.98. The van der Waals surface area contributed by atoms with Crippen molar-refractivity contribution in [3.8, 4) is 0 Å². The summed E-state index contributed by atoms with van der Waals surface area (Å²) in [6.45, 7) is 0.677. The van der Waals surface area contributed by atoms with Crippen molar-refractivity contribution in [2.24, 2.45) is 5.73 Å². The number of hydrogen-bond acceptors (Lipinski definition) is 2. The Bertz CT molecular complexity index is 861. The zero-order valence-corrected chi connectivity index (χ0v) is 14.6. The Morgan fingerprint density at radius 2 is 1.50 bits per heavy atom. The van der Waals surface area contributed by atoms with Crippen LogP contribution in [0.4, 0.5) is 4.39 Å². The second-order valence-electron chi connectivity index (χ2n) is 6.34. The number of amides is 1. The number of carbonyl (C=O) groups is 1. The van der Waals surface area contributed by atoms with Crippen molar-refractivity contribution < 1.29 is 9.18 Å². The van der Waals surface area contributed by atoms with Gasteiger partial charge >= 0.3 is 0 Å². The standard InChI is InChI=1S/C22H21FN2O/c1-25(15-16-7-9-19(10-8-16)22(24)26)21(17-5-3-2-4-6-17)18-11-13-20(23)14-12-18/h2-14,21H,15H2,1H3,(H2,24,26)/t21-/m1/s1. The molecule has 3 rings (SSSR count). The lowest BCUT2D eigenvalue weighted by Crippen LogP contribution is -2.25. The highest BCUT2D eigenvalue weighted by molar-refractivity contribution is 5.92. The summed E-state index contributed by atoms with van der Waals surface area (Å²) in [5.41, 5.74) is 9.02. The molecule has 3 aromatic carbocycles. The van der Waals surface area contributed by atoms with E-state index in [-0.39, 0.29) is 11.9 Å². The Labute approximate surface area is 152 Å². The van der Waals surface area contributed by atoms with Gasteiger partial charge in [0.1, 0.15) is 5.82 Å². The molecule has 26 heavy (non-hydrogen) atoms. The molecule has 0 bridgehead atoms. The Morgan fingerprint density at radius 3 is 2.08 bits per heavy atom. The van der Waals surface area contributed by atoms with Crippen molar-refractivity contribution in [3.63, 3.8) is 0 Å². The molecule has 0 spiro atoms. The minimum absolute atomic E-state index is 0.00684. The quantitative estimate of drug-likeness (QED) is 0.727. The molecule has 0 heterocycles. The fourth-order valence-corrected chi connectivity index (χ4v) is 3.14. The van der Waals surface area contributed by atoms with Gasteiger partial charge in [-0.3, -0.25) is 9.69 Å². The summed E-state index contributed by atoms with van der Waals surface area (Å²) >= 11 is 0. The lowest BCUT2D eigenvalue weighted by Gasteiger charge is -2.29. The van der Waals surface area contributed by atoms with Crippen LogP contribution in [0.3, 0.4) is 0 Å². The molecule has 1 amide bonds. The molecule has 0 aliphatic carbocycles. The van der Waals surface area contributed by atoms with Gasteiger partial charge in [-0.15, -0.1) is 0 Å². The molecule has 132 valence electrons. The highest BCUT2D eigenvalue weighted by atomic mass is 19.1. The molecule has 4 heteroatoms. The van der Waals surface area contributed by atoms with Crippen LogP contribution >= 0.6 is 0 Å². The Kier molecular flexibility index (Phi) is 5.44. The Balaban J connectivity index is 1.88. The number of nitrogens with zero attached hydrogens (tertiary/aromatic N) is 1. The summed E-state index contributed by atoms with van der Waals surface area (Å²) in [6, 6.07) is 24.0. The van der Waals surface area contributed by atoms with E-state index in [0.29, 0.717) is 12.1 Å². The summed E-state index contributed by atoms with van der Waals surface area (Å²) < 4.78 is 13.4. The number of carbonyl (C=O) groups excluding carboxylic acids is 1. The number of nitrogens with two attached hydrogens (primary N) is 1. The van der Waals surface area contributed by atoms with Crippen LogP contribution in [0.2, 0.25) is 0 Å². The van der Waals surface area contributed by atoms with Gasteiger partial charge in [0.15, 0.2) is 0 Å². The number of rotatable bonds is 6. The molecule has 0 unspecified atom stereocenters. The van der Waals surface area contributed by atoms with Gasteiger partial charge in [-0.05, 0) is 48.0 Å². The van der Waals surface area contributed by atoms with Crippen molar-refractivity contribution in [1.82, 2.24) is 4.90 Å². The molecule has 0 aliphatic heterocycles. The van der Waals surface area contributed by atoms with Gasteiger partial charge in [0.25, 0.3) is 0 Å². The third-order valence-electron chi connectivity index (χ3n) is 4.41. The van der Waals surface area contributed by atoms with Gasteiger partial charge < -0.3 is 5.73 Å². The maximum Gasteiger partial charge on any atom is 0.248 e. The maximum atomic E-state index is 13.4. The second kappa shape index (κ2) is 7.93. The van der Waals surface area contributed by atoms with Gasteiger partial charge in [-0.2, -0.15) is 0 Å². The Morgan fingerprint density at radius 1 is 0.923 bits per heavy atom. The maximum absolute atomic E-state index is 13.4. The molecule has 0 fully saturated rings. The number of primary amides is 1. The highest BCUT2D eigenvalue weighted by Gasteiger charge is 2.19. The minimum Gasteiger partial charge on any atom is -0.366 e. The molecule has 3 aromatic rings. The summed E-state index contributed by atoms with van der Waals surface area (Å²) in [4.78, 5) is 13.4. The molecule has 0 aliphatic rings. The zero-order valence-electron chi connectivity index (χ0n) is 14.6. The van der Waals surface area contributed by atoms with Crippen LogP contribution in [0.1, 0.15) is 33.1 Å². The third kappa shape index (κ3) is 4.16. The van der Waals surface area contributed by atoms with Crippen LogP contribution < -0.4 is 5.73 Å². The van der Waals surface area contributed by atoms with Crippen LogP contribution in [0.25, 0.3) is 0 Å². The lowest BCUT2D eigenvalue weighted by atomic mass is 9.97. The third-order valence-corrected chi connectivity index (χ3v) is 4.41. The molecule has 2 N–H and O–H groups in total. The molecular formula is C22H21FN2O. The van der Waals surface area contributed by atoms with Crippen LogP contribution in [-0.2, 0) is 6.54 Å². The van der Waals surface area contributed by atoms with Crippen LogP contribution in [0.15, 0.2) is 78.9 Å². The van der Waals surface area contributed by atoms with Gasteiger partial charge in [0, 0.05) is 12.1 Å². The summed E-state index contributed by atoms with van der Waals surface area (Å²) in [7, 11) is 2.03. The van der Waals surface area contributed by atoms with E-state index in [4.69, 9.17) is 5.73 Å². The topological polar surface area (TPSA) is 46.3 Å². The average Bonchev–Trinajstić information content (AvgIpc) is 2.65. The van der Waals surface area contributed by atoms with E-state index in [9.17, 15) is 9.18 Å². The molecule has 0 aromatic heterocycles. The van der Waals surface area contributed by atoms with Crippen LogP contribution in [0, 0.1) is 5.82 Å². The first-order valence-corrected chi connectivity index (χ1v) is 8.44. The predicted molar refractivity (Wildman–Crippen MR) is 101 cm³/mol. The molecule has 0 saturated heterocycles. The van der Waals surface area contributed by atoms with Gasteiger partial charge in [0.05, 0.1) is 6.04 Å². The highest BCUT2D eigenvalue weighted by Crippen LogP contribution is 2.29. The van der Waals surface area contributed by atoms with Crippen LogP contribution in [0.5, 0.6) is 0 Å². The van der Waals surface area contributed by atoms with Crippen molar-refractivity contribution in [3.05, 3.63) is 107 Å². The molecule has 0 saturated carbocycles. The number of halogens is 1. The summed E-state index contributed by atoms with van der Waals surface area (Å²) in [5, 5.41) is 0. The van der Waals surface area contributed by atoms with E-state index in [2.05, 4.69) is 17.0 Å². The van der Waals surface area contributed by atoms with E-state index in [1.165, 1.54) is 12.1 Å². The van der Waals surface area contributed by atoms with Gasteiger partial charge in [-0.1, -0.05) is 54.6 Å². The fourth-order valence-electron chi connectivity index (χ4n) is 3.14. The van der Waals surface area contributed by atoms with Gasteiger partial charge in [0.2, 0.25) is 5.91 Å². The van der Waals surface area contributed by atoms with Crippen molar-refractivity contribution in [2.45, 2.75) is 12.6 Å². The van der Waals surface area contributed by atoms with E-state index in [1.807, 2.05) is 49.5 Å². The zero-order chi connectivity index (χ0) is 18.5. The van der Waals surface area contributed by atoms with E-state index >= 15 is 0 Å². The van der Waals surface area contributed by atoms with E-state index in [0.717, 1.165) is 16.7 Å². The van der Waals surface area contributed by atoms with Crippen molar-refractivity contribution in [2.75, 3.05) is 7.05 Å². The summed E-state index contributed by atoms with van der Waals surface area (Å²) in [5.74, 6) is -0.677. The minimum atomic E-state index is -0.432. The first-order chi connectivity index (χ1) is 12.5. The smallest absolute Gasteiger partial charge is 0.248 e. The van der Waals surface area contributed by atoms with E-state index < -0.39 is 5.91 Å². The fraction of sp³-hybridized carbons (Fsp3) is 0.136. The lowest BCUT2D eigenvalue weighted by molar-refractivity contribution is 0.100. The monoisotopic (exact) mass is 348 g/mol. The van der Waals surface area contributed by atoms with Crippen LogP contribution in [-0.4, -0.2) is 17.9 Å². The van der Waals surface area contributed by atoms with Crippen molar-refractivity contribution >= 4 is 5.91 Å². The number of hydrogen-bond donors (Lipinski definition) is 1. The summed E-state index contributed by atoms with van der Waals surface area (Å²) in [6.07, 6.45) is 0. The molecule has 1 atom stereocenters. The molecular weight excluding hydrogens is 327 g/mol.